The predicted molar refractivity (Wildman–Crippen MR) is 176 cm³/mol. The summed E-state index contributed by atoms with van der Waals surface area (Å²) in [7, 11) is 0. The van der Waals surface area contributed by atoms with Crippen molar-refractivity contribution in [1.29, 1.82) is 0 Å². The van der Waals surface area contributed by atoms with Crippen molar-refractivity contribution in [1.82, 2.24) is 29.4 Å². The zero-order chi connectivity index (χ0) is 32.7. The average molecular weight is 611 g/mol. The van der Waals surface area contributed by atoms with E-state index in [1.54, 1.807) is 4.68 Å². The monoisotopic (exact) mass is 610 g/mol. The Bertz CT molecular complexity index is 1690. The van der Waals surface area contributed by atoms with Crippen LogP contribution in [0.4, 0.5) is 0 Å². The highest BCUT2D eigenvalue weighted by molar-refractivity contribution is 5.95. The fourth-order valence-corrected chi connectivity index (χ4v) is 6.07. The van der Waals surface area contributed by atoms with Crippen LogP contribution >= 0.6 is 0 Å². The molecule has 0 saturated carbocycles. The zero-order valence-electron chi connectivity index (χ0n) is 28.1. The van der Waals surface area contributed by atoms with Crippen LogP contribution in [-0.4, -0.2) is 71.0 Å². The van der Waals surface area contributed by atoms with Crippen molar-refractivity contribution in [3.05, 3.63) is 101 Å². The molecule has 9 heteroatoms. The van der Waals surface area contributed by atoms with E-state index < -0.39 is 5.60 Å². The zero-order valence-corrected chi connectivity index (χ0v) is 28.1. The first-order valence-corrected chi connectivity index (χ1v) is 15.6. The van der Waals surface area contributed by atoms with Crippen LogP contribution in [0.25, 0.3) is 5.69 Å². The Morgan fingerprint density at radius 3 is 2.29 bits per heavy atom. The van der Waals surface area contributed by atoms with Gasteiger partial charge < -0.3 is 14.2 Å². The minimum Gasteiger partial charge on any atom is -0.456 e. The third-order valence-corrected chi connectivity index (χ3v) is 8.58. The van der Waals surface area contributed by atoms with Crippen molar-refractivity contribution >= 4 is 11.9 Å². The van der Waals surface area contributed by atoms with Gasteiger partial charge in [0.05, 0.1) is 29.5 Å². The maximum atomic E-state index is 14.0. The molecule has 0 radical (unpaired) electrons. The highest BCUT2D eigenvalue weighted by atomic mass is 16.6. The van der Waals surface area contributed by atoms with Crippen LogP contribution in [0.1, 0.15) is 91.8 Å². The summed E-state index contributed by atoms with van der Waals surface area (Å²) in [6, 6.07) is 19.9. The highest BCUT2D eigenvalue weighted by Crippen LogP contribution is 2.33. The maximum absolute atomic E-state index is 14.0. The van der Waals surface area contributed by atoms with E-state index in [-0.39, 0.29) is 23.0 Å². The number of aryl methyl sites for hydroxylation is 1. The fourth-order valence-electron chi connectivity index (χ4n) is 6.07. The van der Waals surface area contributed by atoms with E-state index in [2.05, 4.69) is 67.2 Å². The Balaban J connectivity index is 1.32. The molecule has 238 valence electrons. The van der Waals surface area contributed by atoms with Crippen molar-refractivity contribution in [3.63, 3.8) is 0 Å². The molecule has 0 N–H and O–H groups in total. The lowest BCUT2D eigenvalue weighted by Gasteiger charge is -2.55. The van der Waals surface area contributed by atoms with Gasteiger partial charge in [0.1, 0.15) is 11.3 Å². The van der Waals surface area contributed by atoms with Crippen molar-refractivity contribution in [3.8, 4) is 5.69 Å². The summed E-state index contributed by atoms with van der Waals surface area (Å²) in [4.78, 5) is 31.3. The molecule has 5 rings (SSSR count). The first kappa shape index (κ1) is 32.2. The van der Waals surface area contributed by atoms with Crippen LogP contribution < -0.4 is 0 Å². The van der Waals surface area contributed by atoms with E-state index in [9.17, 15) is 9.59 Å². The molecule has 0 spiro atoms. The number of ether oxygens (including phenoxy) is 1. The Morgan fingerprint density at radius 1 is 0.889 bits per heavy atom. The van der Waals surface area contributed by atoms with E-state index in [0.717, 1.165) is 35.9 Å². The van der Waals surface area contributed by atoms with E-state index in [1.807, 2.05) is 86.7 Å². The lowest BCUT2D eigenvalue weighted by Crippen LogP contribution is -2.68. The molecular weight excluding hydrogens is 564 g/mol. The van der Waals surface area contributed by atoms with Gasteiger partial charge in [-0.2, -0.15) is 0 Å². The van der Waals surface area contributed by atoms with Crippen LogP contribution in [0.2, 0.25) is 0 Å². The molecule has 9 nitrogen and oxygen atoms in total. The molecule has 1 saturated heterocycles. The summed E-state index contributed by atoms with van der Waals surface area (Å²) < 4.78 is 9.33. The predicted octanol–water partition coefficient (Wildman–Crippen LogP) is 6.20. The quantitative estimate of drug-likeness (QED) is 0.232. The minimum atomic E-state index is -0.569. The largest absolute Gasteiger partial charge is 0.456 e. The number of piperazine rings is 1. The van der Waals surface area contributed by atoms with Crippen LogP contribution in [0, 0.1) is 13.8 Å². The van der Waals surface area contributed by atoms with Gasteiger partial charge in [-0.15, -0.1) is 5.10 Å². The number of hydrogen-bond acceptors (Lipinski definition) is 6. The van der Waals surface area contributed by atoms with Gasteiger partial charge >= 0.3 is 5.97 Å². The Kier molecular flexibility index (Phi) is 8.53. The summed E-state index contributed by atoms with van der Waals surface area (Å²) in [5.74, 6) is -0.334. The van der Waals surface area contributed by atoms with E-state index >= 15 is 0 Å². The number of rotatable bonds is 7. The summed E-state index contributed by atoms with van der Waals surface area (Å²) in [5.41, 5.74) is 4.56. The molecule has 1 fully saturated rings. The summed E-state index contributed by atoms with van der Waals surface area (Å²) >= 11 is 0. The summed E-state index contributed by atoms with van der Waals surface area (Å²) in [6.45, 7) is 20.8. The van der Waals surface area contributed by atoms with Crippen molar-refractivity contribution < 1.29 is 14.3 Å². The molecule has 0 bridgehead atoms. The number of nitrogens with zero attached hydrogens (tertiary/aromatic N) is 6. The number of carbonyl (C=O) groups excluding carboxylic acids is 2. The van der Waals surface area contributed by atoms with Gasteiger partial charge in [0, 0.05) is 42.1 Å². The Hall–Kier alpha value is -4.24. The summed E-state index contributed by atoms with van der Waals surface area (Å²) in [5, 5.41) is 8.78. The fraction of sp³-hybridized carbons (Fsp3) is 0.444. The molecule has 3 heterocycles. The number of esters is 1. The van der Waals surface area contributed by atoms with Crippen LogP contribution in [0.3, 0.4) is 0 Å². The number of aromatic nitrogens is 4. The van der Waals surface area contributed by atoms with E-state index in [0.29, 0.717) is 24.2 Å². The van der Waals surface area contributed by atoms with Crippen LogP contribution in [-0.2, 0) is 17.8 Å². The third-order valence-electron chi connectivity index (χ3n) is 8.58. The number of amides is 1. The molecule has 1 amide bonds. The molecule has 2 aromatic carbocycles. The Morgan fingerprint density at radius 2 is 1.60 bits per heavy atom. The normalized spacial score (nSPS) is 16.5. The first-order valence-electron chi connectivity index (χ1n) is 15.6. The van der Waals surface area contributed by atoms with Crippen molar-refractivity contribution in [2.45, 2.75) is 92.1 Å². The summed E-state index contributed by atoms with van der Waals surface area (Å²) in [6.07, 6.45) is 1.87. The van der Waals surface area contributed by atoms with Crippen LogP contribution in [0.15, 0.2) is 66.9 Å². The third kappa shape index (κ3) is 7.04. The average Bonchev–Trinajstić information content (AvgIpc) is 3.55. The van der Waals surface area contributed by atoms with Gasteiger partial charge in [-0.3, -0.25) is 9.69 Å². The standard InChI is InChI=1S/C36H46N6O3/c1-25-18-31(33(44)45-34(3,4)5)26(2)40(25)21-29-22-42(38-37-29)30-17-13-16-28(19-30)32(43)41-24-35(6,7)39(23-36(41,8)9)20-27-14-11-10-12-15-27/h10-19,22H,20-21,23-24H2,1-9H3. The smallest absolute Gasteiger partial charge is 0.340 e. The maximum Gasteiger partial charge on any atom is 0.340 e. The minimum absolute atomic E-state index is 0.00267. The molecule has 2 aromatic heterocycles. The highest BCUT2D eigenvalue weighted by Gasteiger charge is 2.45. The number of hydrogen-bond donors (Lipinski definition) is 0. The van der Waals surface area contributed by atoms with E-state index in [4.69, 9.17) is 4.74 Å². The number of benzene rings is 2. The number of carbonyl (C=O) groups is 2. The molecular formula is C36H46N6O3. The second-order valence-electron chi connectivity index (χ2n) is 14.4. The Labute approximate surface area is 266 Å². The van der Waals surface area contributed by atoms with Crippen molar-refractivity contribution in [2.24, 2.45) is 0 Å². The molecule has 4 aromatic rings. The van der Waals surface area contributed by atoms with Gasteiger partial charge in [0.25, 0.3) is 5.91 Å². The second-order valence-corrected chi connectivity index (χ2v) is 14.4. The van der Waals surface area contributed by atoms with Gasteiger partial charge in [-0.05, 0) is 92.1 Å². The molecule has 1 aliphatic heterocycles. The van der Waals surface area contributed by atoms with Gasteiger partial charge in [0.15, 0.2) is 0 Å². The van der Waals surface area contributed by atoms with Crippen LogP contribution in [0.5, 0.6) is 0 Å². The van der Waals surface area contributed by atoms with Gasteiger partial charge in [0.2, 0.25) is 0 Å². The second kappa shape index (κ2) is 11.9. The molecule has 0 atom stereocenters. The lowest BCUT2D eigenvalue weighted by atomic mass is 9.87. The lowest BCUT2D eigenvalue weighted by molar-refractivity contribution is -0.0454. The first-order chi connectivity index (χ1) is 21.0. The topological polar surface area (TPSA) is 85.5 Å². The van der Waals surface area contributed by atoms with E-state index in [1.165, 1.54) is 5.56 Å². The van der Waals surface area contributed by atoms with Gasteiger partial charge in [-0.1, -0.05) is 41.6 Å². The molecule has 0 aliphatic carbocycles. The molecule has 1 aliphatic rings. The van der Waals surface area contributed by atoms with Gasteiger partial charge in [-0.25, -0.2) is 9.48 Å². The molecule has 45 heavy (non-hydrogen) atoms. The van der Waals surface area contributed by atoms with Crippen molar-refractivity contribution in [2.75, 3.05) is 13.1 Å². The molecule has 0 unspecified atom stereocenters. The SMILES string of the molecule is Cc1cc(C(=O)OC(C)(C)C)c(C)n1Cc1cn(-c2cccc(C(=O)N3CC(C)(C)N(Cc4ccccc4)CC3(C)C)c2)nn1.